The van der Waals surface area contributed by atoms with Crippen LogP contribution in [0.2, 0.25) is 0 Å². The number of rotatable bonds is 18. The lowest BCUT2D eigenvalue weighted by molar-refractivity contribution is 0.181. The van der Waals surface area contributed by atoms with Gasteiger partial charge in [0.05, 0.1) is 0 Å². The second-order valence-corrected chi connectivity index (χ2v) is 21.6. The van der Waals surface area contributed by atoms with E-state index < -0.39 is 0 Å². The molecular weight excluding hydrogens is 871 g/mol. The fraction of sp³-hybridized carbons (Fsp3) is 0.474. The SMILES string of the molecule is CCCN(CCc1cccs1)C1CCc2cccc(O)c2C1.CCCN(CCc1cccs1)[C@@H]1CCc2cccc(O)c2C1.CCCN(CCc1cccs1)[C@H]1CCc2cccc(O)c2C1. The number of aromatic hydroxyl groups is 3. The third-order valence-corrected chi connectivity index (χ3v) is 16.9. The van der Waals surface area contributed by atoms with E-state index in [1.807, 2.05) is 70.4 Å². The summed E-state index contributed by atoms with van der Waals surface area (Å²) in [6.07, 6.45) is 16.9. The summed E-state index contributed by atoms with van der Waals surface area (Å²) >= 11 is 5.56. The van der Waals surface area contributed by atoms with Crippen molar-refractivity contribution in [1.82, 2.24) is 14.7 Å². The summed E-state index contributed by atoms with van der Waals surface area (Å²) in [6, 6.07) is 32.7. The molecule has 0 radical (unpaired) electrons. The Hall–Kier alpha value is -3.96. The molecule has 9 heteroatoms. The molecule has 6 nitrogen and oxygen atoms in total. The van der Waals surface area contributed by atoms with Gasteiger partial charge in [0.25, 0.3) is 0 Å². The van der Waals surface area contributed by atoms with Gasteiger partial charge in [-0.15, -0.1) is 34.0 Å². The summed E-state index contributed by atoms with van der Waals surface area (Å²) in [6.45, 7) is 13.6. The first-order chi connectivity index (χ1) is 32.3. The Bertz CT molecular complexity index is 2040. The highest BCUT2D eigenvalue weighted by Crippen LogP contribution is 2.34. The van der Waals surface area contributed by atoms with Crippen molar-refractivity contribution in [3.63, 3.8) is 0 Å². The Labute approximate surface area is 408 Å². The maximum absolute atomic E-state index is 10.1. The lowest BCUT2D eigenvalue weighted by Crippen LogP contribution is -2.41. The molecule has 3 aliphatic rings. The van der Waals surface area contributed by atoms with E-state index in [4.69, 9.17) is 0 Å². The molecular formula is C57H75N3O3S3. The van der Waals surface area contributed by atoms with Gasteiger partial charge >= 0.3 is 0 Å². The van der Waals surface area contributed by atoms with Crippen molar-refractivity contribution in [3.8, 4) is 17.2 Å². The fourth-order valence-corrected chi connectivity index (χ4v) is 12.7. The summed E-state index contributed by atoms with van der Waals surface area (Å²) in [7, 11) is 0. The molecule has 0 spiro atoms. The first kappa shape index (κ1) is 49.9. The van der Waals surface area contributed by atoms with Crippen molar-refractivity contribution in [2.45, 2.75) is 135 Å². The first-order valence-electron chi connectivity index (χ1n) is 25.0. The second kappa shape index (κ2) is 26.0. The van der Waals surface area contributed by atoms with Crippen LogP contribution in [0.3, 0.4) is 0 Å². The highest BCUT2D eigenvalue weighted by molar-refractivity contribution is 7.10. The molecule has 3 heterocycles. The molecule has 0 aliphatic heterocycles. The normalized spacial score (nSPS) is 17.6. The molecule has 66 heavy (non-hydrogen) atoms. The van der Waals surface area contributed by atoms with E-state index in [0.717, 1.165) is 97.1 Å². The van der Waals surface area contributed by atoms with Crippen LogP contribution in [0.4, 0.5) is 0 Å². The van der Waals surface area contributed by atoms with E-state index >= 15 is 0 Å². The topological polar surface area (TPSA) is 70.4 Å². The summed E-state index contributed by atoms with van der Waals surface area (Å²) < 4.78 is 0. The van der Waals surface area contributed by atoms with E-state index in [-0.39, 0.29) is 0 Å². The van der Waals surface area contributed by atoms with Gasteiger partial charge in [-0.25, -0.2) is 0 Å². The standard InChI is InChI=1S/3C19H25NOS/c3*1-2-11-20(12-10-17-6-4-13-22-17)16-9-8-15-5-3-7-19(21)18(15)14-16/h3*3-7,13,16,21H,2,8-12,14H2,1H3/t2*16-;/m10./s1. The molecule has 0 saturated carbocycles. The molecule has 3 atom stereocenters. The zero-order valence-corrected chi connectivity index (χ0v) is 42.3. The number of phenolic OH excluding ortho intramolecular Hbond substituents is 3. The van der Waals surface area contributed by atoms with Gasteiger partial charge in [-0.05, 0) is 202 Å². The number of nitrogens with zero attached hydrogens (tertiary/aromatic N) is 3. The van der Waals surface area contributed by atoms with Crippen molar-refractivity contribution in [2.24, 2.45) is 0 Å². The van der Waals surface area contributed by atoms with Crippen molar-refractivity contribution in [3.05, 3.63) is 155 Å². The van der Waals surface area contributed by atoms with E-state index in [2.05, 4.69) is 106 Å². The zero-order chi connectivity index (χ0) is 46.1. The van der Waals surface area contributed by atoms with Crippen LogP contribution in [0.1, 0.15) is 107 Å². The fourth-order valence-electron chi connectivity index (χ4n) is 10.6. The van der Waals surface area contributed by atoms with E-state index in [0.29, 0.717) is 35.4 Å². The van der Waals surface area contributed by atoms with Gasteiger partial charge in [0.1, 0.15) is 17.2 Å². The minimum atomic E-state index is 0.483. The van der Waals surface area contributed by atoms with E-state index in [9.17, 15) is 15.3 Å². The summed E-state index contributed by atoms with van der Waals surface area (Å²) in [4.78, 5) is 12.3. The highest BCUT2D eigenvalue weighted by Gasteiger charge is 2.28. The largest absolute Gasteiger partial charge is 0.508 e. The van der Waals surface area contributed by atoms with Crippen LogP contribution in [0.25, 0.3) is 0 Å². The maximum Gasteiger partial charge on any atom is 0.119 e. The monoisotopic (exact) mass is 945 g/mol. The number of phenols is 3. The Kier molecular flexibility index (Phi) is 19.7. The van der Waals surface area contributed by atoms with Gasteiger partial charge in [0, 0.05) is 52.4 Å². The average Bonchev–Trinajstić information content (AvgIpc) is 4.18. The maximum atomic E-state index is 10.1. The van der Waals surface area contributed by atoms with Crippen molar-refractivity contribution < 1.29 is 15.3 Å². The van der Waals surface area contributed by atoms with Crippen LogP contribution < -0.4 is 0 Å². The van der Waals surface area contributed by atoms with Crippen LogP contribution in [0, 0.1) is 0 Å². The quantitative estimate of drug-likeness (QED) is 0.0798. The summed E-state index contributed by atoms with van der Waals surface area (Å²) in [5, 5.41) is 36.9. The van der Waals surface area contributed by atoms with Crippen molar-refractivity contribution in [2.75, 3.05) is 39.3 Å². The molecule has 354 valence electrons. The van der Waals surface area contributed by atoms with Crippen LogP contribution in [0.15, 0.2) is 107 Å². The molecule has 3 N–H and O–H groups in total. The molecule has 6 aromatic rings. The zero-order valence-electron chi connectivity index (χ0n) is 39.9. The van der Waals surface area contributed by atoms with Crippen LogP contribution in [-0.4, -0.2) is 87.4 Å². The molecule has 0 fully saturated rings. The summed E-state index contributed by atoms with van der Waals surface area (Å²) in [5.74, 6) is 1.45. The molecule has 3 aliphatic carbocycles. The molecule has 3 aromatic heterocycles. The number of benzene rings is 3. The van der Waals surface area contributed by atoms with Gasteiger partial charge in [-0.2, -0.15) is 0 Å². The smallest absolute Gasteiger partial charge is 0.119 e. The average molecular weight is 946 g/mol. The van der Waals surface area contributed by atoms with Gasteiger partial charge in [-0.3, -0.25) is 14.7 Å². The number of hydrogen-bond donors (Lipinski definition) is 3. The van der Waals surface area contributed by atoms with Crippen molar-refractivity contribution in [1.29, 1.82) is 0 Å². The first-order valence-corrected chi connectivity index (χ1v) is 27.7. The molecule has 0 saturated heterocycles. The van der Waals surface area contributed by atoms with Crippen LogP contribution in [-0.2, 0) is 57.8 Å². The Morgan fingerprint density at radius 3 is 0.970 bits per heavy atom. The molecule has 1 unspecified atom stereocenters. The minimum Gasteiger partial charge on any atom is -0.508 e. The Balaban J connectivity index is 0.000000147. The van der Waals surface area contributed by atoms with Gasteiger partial charge < -0.3 is 15.3 Å². The molecule has 0 bridgehead atoms. The predicted molar refractivity (Wildman–Crippen MR) is 281 cm³/mol. The van der Waals surface area contributed by atoms with Crippen LogP contribution in [0.5, 0.6) is 17.2 Å². The lowest BCUT2D eigenvalue weighted by atomic mass is 9.86. The molecule has 0 amide bonds. The van der Waals surface area contributed by atoms with Crippen molar-refractivity contribution >= 4 is 34.0 Å². The molecule has 3 aromatic carbocycles. The Morgan fingerprint density at radius 1 is 0.409 bits per heavy atom. The predicted octanol–water partition coefficient (Wildman–Crippen LogP) is 12.8. The van der Waals surface area contributed by atoms with E-state index in [1.165, 1.54) is 86.5 Å². The summed E-state index contributed by atoms with van der Waals surface area (Å²) in [5.41, 5.74) is 7.55. The van der Waals surface area contributed by atoms with Crippen LogP contribution >= 0.6 is 34.0 Å². The number of hydrogen-bond acceptors (Lipinski definition) is 9. The van der Waals surface area contributed by atoms with Gasteiger partial charge in [0.15, 0.2) is 0 Å². The minimum absolute atomic E-state index is 0.483. The van der Waals surface area contributed by atoms with Gasteiger partial charge in [0.2, 0.25) is 0 Å². The highest BCUT2D eigenvalue weighted by atomic mass is 32.1. The van der Waals surface area contributed by atoms with Gasteiger partial charge in [-0.1, -0.05) is 75.4 Å². The van der Waals surface area contributed by atoms with E-state index in [1.54, 1.807) is 0 Å². The third kappa shape index (κ3) is 14.1. The Morgan fingerprint density at radius 2 is 0.712 bits per heavy atom. The second-order valence-electron chi connectivity index (χ2n) is 18.5. The third-order valence-electron chi connectivity index (χ3n) is 14.1. The molecule has 9 rings (SSSR count). The number of aryl methyl sites for hydroxylation is 3. The lowest BCUT2D eigenvalue weighted by Gasteiger charge is -2.35. The number of fused-ring (bicyclic) bond motifs is 3. The number of thiophene rings is 3.